The quantitative estimate of drug-likeness (QED) is 0.670. The van der Waals surface area contributed by atoms with Gasteiger partial charge in [0, 0.05) is 19.0 Å². The summed E-state index contributed by atoms with van der Waals surface area (Å²) in [5, 5.41) is 8.86. The van der Waals surface area contributed by atoms with E-state index in [4.69, 9.17) is 5.11 Å². The number of carboxylic acids is 1. The van der Waals surface area contributed by atoms with Crippen molar-refractivity contribution < 1.29 is 32.3 Å². The van der Waals surface area contributed by atoms with E-state index in [1.165, 1.54) is 0 Å². The highest BCUT2D eigenvalue weighted by Crippen LogP contribution is 2.31. The summed E-state index contributed by atoms with van der Waals surface area (Å²) in [6.07, 6.45) is -0.264. The van der Waals surface area contributed by atoms with Crippen molar-refractivity contribution in [3.05, 3.63) is 29.3 Å². The fraction of sp³-hybridized carbons (Fsp3) is 0.333. The van der Waals surface area contributed by atoms with Gasteiger partial charge in [-0.05, 0) is 6.42 Å². The molecule has 8 heteroatoms. The van der Waals surface area contributed by atoms with Crippen molar-refractivity contribution in [2.24, 2.45) is 5.92 Å². The molecular formula is C12H9F4NO3. The number of carbonyl (C=O) groups excluding carboxylic acids is 1. The predicted molar refractivity (Wildman–Crippen MR) is 59.0 cm³/mol. The molecule has 1 unspecified atom stereocenters. The van der Waals surface area contributed by atoms with Crippen LogP contribution in [-0.2, 0) is 9.59 Å². The summed E-state index contributed by atoms with van der Waals surface area (Å²) in [7, 11) is 0. The smallest absolute Gasteiger partial charge is 0.308 e. The normalized spacial score (nSPS) is 19.3. The van der Waals surface area contributed by atoms with Gasteiger partial charge in [-0.3, -0.25) is 9.59 Å². The Morgan fingerprint density at radius 2 is 1.75 bits per heavy atom. The van der Waals surface area contributed by atoms with Crippen LogP contribution in [0.3, 0.4) is 0 Å². The first-order valence-corrected chi connectivity index (χ1v) is 5.69. The molecule has 1 aromatic rings. The van der Waals surface area contributed by atoms with E-state index in [-0.39, 0.29) is 18.9 Å². The second kappa shape index (κ2) is 5.10. The number of nitrogens with zero attached hydrogens (tertiary/aromatic N) is 1. The van der Waals surface area contributed by atoms with Crippen LogP contribution < -0.4 is 4.90 Å². The van der Waals surface area contributed by atoms with Crippen molar-refractivity contribution in [2.75, 3.05) is 11.4 Å². The van der Waals surface area contributed by atoms with Crippen molar-refractivity contribution >= 4 is 17.6 Å². The number of benzene rings is 1. The van der Waals surface area contributed by atoms with E-state index in [1.54, 1.807) is 0 Å². The van der Waals surface area contributed by atoms with E-state index < -0.39 is 53.3 Å². The lowest BCUT2D eigenvalue weighted by molar-refractivity contribution is -0.142. The number of halogens is 4. The molecule has 0 saturated carbocycles. The summed E-state index contributed by atoms with van der Waals surface area (Å²) in [6, 6.07) is 0.0251. The molecule has 2 rings (SSSR count). The number of carbonyl (C=O) groups is 2. The molecule has 0 spiro atoms. The number of amides is 1. The minimum absolute atomic E-state index is 0.00566. The van der Waals surface area contributed by atoms with Crippen LogP contribution in [0.2, 0.25) is 0 Å². The Labute approximate surface area is 110 Å². The van der Waals surface area contributed by atoms with Gasteiger partial charge in [-0.15, -0.1) is 0 Å². The zero-order valence-corrected chi connectivity index (χ0v) is 10.00. The molecule has 1 heterocycles. The Hall–Kier alpha value is -2.12. The SMILES string of the molecule is O=C(O)C1CCC(=O)N(c2c(F)c(F)cc(F)c2F)C1. The van der Waals surface area contributed by atoms with Gasteiger partial charge in [0.25, 0.3) is 0 Å². The Morgan fingerprint density at radius 3 is 2.25 bits per heavy atom. The van der Waals surface area contributed by atoms with Crippen LogP contribution >= 0.6 is 0 Å². The molecule has 20 heavy (non-hydrogen) atoms. The molecule has 1 aromatic carbocycles. The van der Waals surface area contributed by atoms with Crippen molar-refractivity contribution in [3.8, 4) is 0 Å². The first-order chi connectivity index (χ1) is 9.32. The third kappa shape index (κ3) is 2.33. The van der Waals surface area contributed by atoms with E-state index in [1.807, 2.05) is 0 Å². The van der Waals surface area contributed by atoms with E-state index in [2.05, 4.69) is 0 Å². The molecular weight excluding hydrogens is 282 g/mol. The molecule has 0 bridgehead atoms. The first-order valence-electron chi connectivity index (χ1n) is 5.69. The maximum atomic E-state index is 13.6. The fourth-order valence-electron chi connectivity index (χ4n) is 2.06. The third-order valence-electron chi connectivity index (χ3n) is 3.12. The summed E-state index contributed by atoms with van der Waals surface area (Å²) in [4.78, 5) is 23.0. The van der Waals surface area contributed by atoms with Crippen LogP contribution in [0.15, 0.2) is 6.07 Å². The number of carboxylic acid groups (broad SMARTS) is 1. The lowest BCUT2D eigenvalue weighted by Gasteiger charge is -2.31. The van der Waals surface area contributed by atoms with Gasteiger partial charge >= 0.3 is 5.97 Å². The molecule has 0 aromatic heterocycles. The average molecular weight is 291 g/mol. The van der Waals surface area contributed by atoms with Gasteiger partial charge in [-0.2, -0.15) is 0 Å². The molecule has 1 amide bonds. The lowest BCUT2D eigenvalue weighted by Crippen LogP contribution is -2.43. The zero-order chi connectivity index (χ0) is 15.0. The minimum atomic E-state index is -1.72. The zero-order valence-electron chi connectivity index (χ0n) is 10.00. The maximum Gasteiger partial charge on any atom is 0.308 e. The highest BCUT2D eigenvalue weighted by Gasteiger charge is 2.35. The topological polar surface area (TPSA) is 57.6 Å². The second-order valence-electron chi connectivity index (χ2n) is 4.39. The number of rotatable bonds is 2. The molecule has 0 radical (unpaired) electrons. The van der Waals surface area contributed by atoms with Crippen LogP contribution in [0.25, 0.3) is 0 Å². The van der Waals surface area contributed by atoms with Crippen LogP contribution in [0.1, 0.15) is 12.8 Å². The average Bonchev–Trinajstić information content (AvgIpc) is 2.38. The second-order valence-corrected chi connectivity index (χ2v) is 4.39. The fourth-order valence-corrected chi connectivity index (χ4v) is 2.06. The van der Waals surface area contributed by atoms with Gasteiger partial charge in [0.15, 0.2) is 23.3 Å². The van der Waals surface area contributed by atoms with Crippen molar-refractivity contribution in [2.45, 2.75) is 12.8 Å². The first kappa shape index (κ1) is 14.3. The predicted octanol–water partition coefficient (Wildman–Crippen LogP) is 2.07. The lowest BCUT2D eigenvalue weighted by atomic mass is 9.97. The Bertz CT molecular complexity index is 564. The summed E-state index contributed by atoms with van der Waals surface area (Å²) < 4.78 is 53.5. The number of anilines is 1. The Kier molecular flexibility index (Phi) is 3.65. The highest BCUT2D eigenvalue weighted by molar-refractivity contribution is 5.95. The van der Waals surface area contributed by atoms with Crippen molar-refractivity contribution in [3.63, 3.8) is 0 Å². The van der Waals surface area contributed by atoms with Crippen LogP contribution in [0, 0.1) is 29.2 Å². The van der Waals surface area contributed by atoms with E-state index >= 15 is 0 Å². The Morgan fingerprint density at radius 1 is 1.20 bits per heavy atom. The molecule has 1 saturated heterocycles. The number of piperidine rings is 1. The summed E-state index contributed by atoms with van der Waals surface area (Å²) >= 11 is 0. The van der Waals surface area contributed by atoms with Gasteiger partial charge in [0.2, 0.25) is 5.91 Å². The standard InChI is InChI=1S/C12H9F4NO3/c13-6-3-7(14)10(16)11(9(6)15)17-4-5(12(19)20)1-2-8(17)18/h3,5H,1-2,4H2,(H,19,20). The van der Waals surface area contributed by atoms with Crippen molar-refractivity contribution in [1.82, 2.24) is 0 Å². The molecule has 0 aliphatic carbocycles. The Balaban J connectivity index is 2.49. The number of hydrogen-bond donors (Lipinski definition) is 1. The van der Waals surface area contributed by atoms with Gasteiger partial charge in [-0.1, -0.05) is 0 Å². The summed E-state index contributed by atoms with van der Waals surface area (Å²) in [6.45, 7) is -0.537. The van der Waals surface area contributed by atoms with E-state index in [0.717, 1.165) is 0 Å². The minimum Gasteiger partial charge on any atom is -0.481 e. The van der Waals surface area contributed by atoms with Crippen molar-refractivity contribution in [1.29, 1.82) is 0 Å². The maximum absolute atomic E-state index is 13.6. The molecule has 1 atom stereocenters. The van der Waals surface area contributed by atoms with Gasteiger partial charge in [0.1, 0.15) is 5.69 Å². The van der Waals surface area contributed by atoms with Gasteiger partial charge in [0.05, 0.1) is 5.92 Å². The van der Waals surface area contributed by atoms with Gasteiger partial charge < -0.3 is 10.0 Å². The number of hydrogen-bond acceptors (Lipinski definition) is 2. The molecule has 1 aliphatic rings. The van der Waals surface area contributed by atoms with Crippen LogP contribution in [0.5, 0.6) is 0 Å². The van der Waals surface area contributed by atoms with E-state index in [9.17, 15) is 27.2 Å². The summed E-state index contributed by atoms with van der Waals surface area (Å²) in [5.74, 6) is -9.82. The molecule has 4 nitrogen and oxygen atoms in total. The van der Waals surface area contributed by atoms with Gasteiger partial charge in [-0.25, -0.2) is 17.6 Å². The van der Waals surface area contributed by atoms with Crippen LogP contribution in [0.4, 0.5) is 23.2 Å². The largest absolute Gasteiger partial charge is 0.481 e. The number of aliphatic carboxylic acids is 1. The molecule has 1 aliphatic heterocycles. The monoisotopic (exact) mass is 291 g/mol. The van der Waals surface area contributed by atoms with Crippen LogP contribution in [-0.4, -0.2) is 23.5 Å². The summed E-state index contributed by atoms with van der Waals surface area (Å²) in [5.41, 5.74) is -1.18. The van der Waals surface area contributed by atoms with E-state index in [0.29, 0.717) is 4.90 Å². The highest BCUT2D eigenvalue weighted by atomic mass is 19.2. The molecule has 1 fully saturated rings. The molecule has 1 N–H and O–H groups in total. The molecule has 108 valence electrons. The third-order valence-corrected chi connectivity index (χ3v) is 3.12.